The van der Waals surface area contributed by atoms with E-state index in [0.29, 0.717) is 12.5 Å². The molecule has 6 rings (SSSR count). The highest BCUT2D eigenvalue weighted by Gasteiger charge is 2.29. The van der Waals surface area contributed by atoms with Crippen LogP contribution >= 0.6 is 0 Å². The summed E-state index contributed by atoms with van der Waals surface area (Å²) in [6, 6.07) is 18.3. The Bertz CT molecular complexity index is 1490. The lowest BCUT2D eigenvalue weighted by Crippen LogP contribution is -2.28. The van der Waals surface area contributed by atoms with Crippen LogP contribution < -0.4 is 9.47 Å². The minimum Gasteiger partial charge on any atom is -0.497 e. The lowest BCUT2D eigenvalue weighted by atomic mass is 9.82. The van der Waals surface area contributed by atoms with E-state index < -0.39 is 5.97 Å². The first-order chi connectivity index (χ1) is 20.5. The van der Waals surface area contributed by atoms with E-state index in [1.54, 1.807) is 7.11 Å². The molecule has 0 aliphatic heterocycles. The Hall–Kier alpha value is -4.18. The van der Waals surface area contributed by atoms with Gasteiger partial charge in [0.15, 0.2) is 0 Å². The second kappa shape index (κ2) is 12.4. The second-order valence-electron chi connectivity index (χ2n) is 11.3. The number of nitrogens with zero attached hydrogens (tertiary/aromatic N) is 5. The van der Waals surface area contributed by atoms with E-state index in [2.05, 4.69) is 39.7 Å². The summed E-state index contributed by atoms with van der Waals surface area (Å²) in [5, 5.41) is 32.8. The monoisotopic (exact) mass is 571 g/mol. The molecule has 2 N–H and O–H groups in total. The molecule has 2 saturated carbocycles. The van der Waals surface area contributed by atoms with Crippen molar-refractivity contribution in [3.63, 3.8) is 0 Å². The third-order valence-electron chi connectivity index (χ3n) is 8.69. The Morgan fingerprint density at radius 2 is 1.69 bits per heavy atom. The molecule has 0 spiro atoms. The summed E-state index contributed by atoms with van der Waals surface area (Å²) in [5.41, 5.74) is 4.20. The number of benzene rings is 2. The van der Waals surface area contributed by atoms with Crippen LogP contribution in [0, 0.1) is 0 Å². The van der Waals surface area contributed by atoms with Gasteiger partial charge in [0.2, 0.25) is 11.6 Å². The molecule has 2 aromatic carbocycles. The molecule has 220 valence electrons. The van der Waals surface area contributed by atoms with E-state index in [4.69, 9.17) is 9.47 Å². The highest BCUT2D eigenvalue weighted by molar-refractivity contribution is 5.87. The smallest absolute Gasteiger partial charge is 0.362 e. The van der Waals surface area contributed by atoms with Crippen molar-refractivity contribution in [1.82, 2.24) is 24.8 Å². The van der Waals surface area contributed by atoms with Gasteiger partial charge in [-0.2, -0.15) is 5.10 Å². The summed E-state index contributed by atoms with van der Waals surface area (Å²) in [6.07, 6.45) is 8.83. The lowest BCUT2D eigenvalue weighted by molar-refractivity contribution is 0.0675. The van der Waals surface area contributed by atoms with Crippen LogP contribution in [0.3, 0.4) is 0 Å². The van der Waals surface area contributed by atoms with Gasteiger partial charge in [0.25, 0.3) is 0 Å². The van der Waals surface area contributed by atoms with Crippen LogP contribution in [0.1, 0.15) is 84.9 Å². The van der Waals surface area contributed by atoms with Crippen LogP contribution in [0.15, 0.2) is 60.8 Å². The largest absolute Gasteiger partial charge is 0.497 e. The molecule has 10 heteroatoms. The SMILES string of the molecule is COc1ccc(Cn2nnc(C(=O)O)c2O[C@H]2CC[C@H](c3ccc(-c4ccnn4[C@H]4CCCC[C@@H]4O)cc3)CC2)cc1. The molecule has 2 aromatic heterocycles. The van der Waals surface area contributed by atoms with E-state index in [1.165, 1.54) is 10.2 Å². The summed E-state index contributed by atoms with van der Waals surface area (Å²) in [7, 11) is 1.61. The molecule has 2 heterocycles. The van der Waals surface area contributed by atoms with Crippen LogP contribution in [-0.2, 0) is 6.54 Å². The van der Waals surface area contributed by atoms with Crippen LogP contribution in [0.5, 0.6) is 11.6 Å². The fourth-order valence-electron chi connectivity index (χ4n) is 6.34. The van der Waals surface area contributed by atoms with Crippen molar-refractivity contribution in [2.75, 3.05) is 7.11 Å². The number of rotatable bonds is 9. The summed E-state index contributed by atoms with van der Waals surface area (Å²) in [5.74, 6) is 0.201. The molecular formula is C32H37N5O5. The van der Waals surface area contributed by atoms with Gasteiger partial charge in [-0.25, -0.2) is 9.48 Å². The standard InChI is InChI=1S/C32H37N5O5/c1-41-25-14-6-21(7-15-25)20-36-31(30(32(39)40)34-35-36)42-26-16-12-23(13-17-26)22-8-10-24(11-9-22)27-18-19-33-37(27)28-4-2-3-5-29(28)38/h6-11,14-15,18-19,23,26,28-29,38H,2-5,12-13,16-17,20H2,1H3,(H,39,40)/t23-,26-,28-,29-/m0/s1. The van der Waals surface area contributed by atoms with Crippen LogP contribution in [-0.4, -0.2) is 60.3 Å². The van der Waals surface area contributed by atoms with Gasteiger partial charge >= 0.3 is 5.97 Å². The van der Waals surface area contributed by atoms with Gasteiger partial charge in [-0.3, -0.25) is 4.68 Å². The van der Waals surface area contributed by atoms with E-state index in [-0.39, 0.29) is 29.8 Å². The zero-order valence-electron chi connectivity index (χ0n) is 23.8. The lowest BCUT2D eigenvalue weighted by Gasteiger charge is -2.30. The highest BCUT2D eigenvalue weighted by atomic mass is 16.5. The van der Waals surface area contributed by atoms with Gasteiger partial charge in [0, 0.05) is 6.20 Å². The van der Waals surface area contributed by atoms with Crippen molar-refractivity contribution in [3.8, 4) is 22.9 Å². The maximum absolute atomic E-state index is 11.9. The number of aliphatic hydroxyl groups is 1. The number of carboxylic acids is 1. The third kappa shape index (κ3) is 5.90. The number of carbonyl (C=O) groups is 1. The predicted molar refractivity (Wildman–Crippen MR) is 156 cm³/mol. The summed E-state index contributed by atoms with van der Waals surface area (Å²) >= 11 is 0. The summed E-state index contributed by atoms with van der Waals surface area (Å²) < 4.78 is 15.0. The number of hydrogen-bond acceptors (Lipinski definition) is 7. The molecule has 4 aromatic rings. The molecule has 10 nitrogen and oxygen atoms in total. The number of carboxylic acid groups (broad SMARTS) is 1. The van der Waals surface area contributed by atoms with Crippen molar-refractivity contribution in [3.05, 3.63) is 77.6 Å². The fourth-order valence-corrected chi connectivity index (χ4v) is 6.34. The quantitative estimate of drug-likeness (QED) is 0.271. The molecule has 2 atom stereocenters. The van der Waals surface area contributed by atoms with Crippen LogP contribution in [0.25, 0.3) is 11.3 Å². The van der Waals surface area contributed by atoms with E-state index >= 15 is 0 Å². The maximum Gasteiger partial charge on any atom is 0.362 e. The molecule has 2 fully saturated rings. The first kappa shape index (κ1) is 28.0. The molecule has 0 radical (unpaired) electrons. The van der Waals surface area contributed by atoms with Gasteiger partial charge in [0.05, 0.1) is 31.5 Å². The normalized spacial score (nSPS) is 22.5. The minimum atomic E-state index is -1.15. The van der Waals surface area contributed by atoms with E-state index in [0.717, 1.165) is 73.9 Å². The maximum atomic E-state index is 11.9. The first-order valence-electron chi connectivity index (χ1n) is 14.8. The van der Waals surface area contributed by atoms with Crippen LogP contribution in [0.4, 0.5) is 0 Å². The number of hydrogen-bond donors (Lipinski definition) is 2. The number of aromatic carboxylic acids is 1. The Kier molecular flexibility index (Phi) is 8.23. The minimum absolute atomic E-state index is 0.0306. The van der Waals surface area contributed by atoms with Gasteiger partial charge in [-0.05, 0) is 79.3 Å². The van der Waals surface area contributed by atoms with Gasteiger partial charge < -0.3 is 19.7 Å². The van der Waals surface area contributed by atoms with Gasteiger partial charge in [-0.1, -0.05) is 54.5 Å². The Balaban J connectivity index is 1.10. The average Bonchev–Trinajstić information content (AvgIpc) is 3.66. The van der Waals surface area contributed by atoms with Gasteiger partial charge in [0.1, 0.15) is 11.9 Å². The molecule has 2 aliphatic carbocycles. The average molecular weight is 572 g/mol. The molecule has 0 unspecified atom stereocenters. The molecule has 0 amide bonds. The fraction of sp³-hybridized carbons (Fsp3) is 0.438. The summed E-state index contributed by atoms with van der Waals surface area (Å²) in [6.45, 7) is 0.347. The topological polar surface area (TPSA) is 125 Å². The third-order valence-corrected chi connectivity index (χ3v) is 8.69. The first-order valence-corrected chi connectivity index (χ1v) is 14.8. The number of methoxy groups -OCH3 is 1. The second-order valence-corrected chi connectivity index (χ2v) is 11.3. The zero-order valence-corrected chi connectivity index (χ0v) is 23.8. The Morgan fingerprint density at radius 3 is 2.38 bits per heavy atom. The van der Waals surface area contributed by atoms with Crippen LogP contribution in [0.2, 0.25) is 0 Å². The Labute approximate surface area is 244 Å². The molecule has 42 heavy (non-hydrogen) atoms. The molecule has 2 aliphatic rings. The van der Waals surface area contributed by atoms with E-state index in [1.807, 2.05) is 41.2 Å². The summed E-state index contributed by atoms with van der Waals surface area (Å²) in [4.78, 5) is 11.9. The highest BCUT2D eigenvalue weighted by Crippen LogP contribution is 2.37. The molecule has 0 bridgehead atoms. The zero-order chi connectivity index (χ0) is 29.1. The Morgan fingerprint density at radius 1 is 0.952 bits per heavy atom. The predicted octanol–water partition coefficient (Wildman–Crippen LogP) is 5.48. The van der Waals surface area contributed by atoms with Crippen molar-refractivity contribution < 1.29 is 24.5 Å². The molecule has 0 saturated heterocycles. The molecular weight excluding hydrogens is 534 g/mol. The van der Waals surface area contributed by atoms with Crippen molar-refractivity contribution in [2.24, 2.45) is 0 Å². The van der Waals surface area contributed by atoms with Crippen molar-refractivity contribution in [2.45, 2.75) is 82.1 Å². The number of aliphatic hydroxyl groups excluding tert-OH is 1. The number of ether oxygens (including phenoxy) is 2. The number of aromatic nitrogens is 5. The van der Waals surface area contributed by atoms with Crippen molar-refractivity contribution in [1.29, 1.82) is 0 Å². The van der Waals surface area contributed by atoms with Gasteiger partial charge in [-0.15, -0.1) is 5.10 Å². The van der Waals surface area contributed by atoms with Crippen molar-refractivity contribution >= 4 is 5.97 Å². The van der Waals surface area contributed by atoms with E-state index in [9.17, 15) is 15.0 Å².